The quantitative estimate of drug-likeness (QED) is 0.821. The maximum Gasteiger partial charge on any atom is 0.0652 e. The van der Waals surface area contributed by atoms with Gasteiger partial charge >= 0.3 is 0 Å². The lowest BCUT2D eigenvalue weighted by atomic mass is 9.82. The Labute approximate surface area is 129 Å². The third-order valence-corrected chi connectivity index (χ3v) is 4.89. The maximum absolute atomic E-state index is 6.18. The number of ether oxygens (including phenoxy) is 1. The minimum absolute atomic E-state index is 0.287. The zero-order valence-electron chi connectivity index (χ0n) is 10.9. The summed E-state index contributed by atoms with van der Waals surface area (Å²) in [4.78, 5) is 0. The molecule has 5 heteroatoms. The fourth-order valence-electron chi connectivity index (χ4n) is 2.26. The first-order chi connectivity index (χ1) is 9.02. The summed E-state index contributed by atoms with van der Waals surface area (Å²) in [5.74, 6) is 0. The third-order valence-electron chi connectivity index (χ3n) is 3.69. The molecule has 0 amide bonds. The molecule has 1 aliphatic rings. The molecule has 0 saturated carbocycles. The first-order valence-electron chi connectivity index (χ1n) is 6.43. The molecular formula is C14H18Cl3NO. The van der Waals surface area contributed by atoms with E-state index in [0.717, 1.165) is 38.2 Å². The zero-order chi connectivity index (χ0) is 13.9. The summed E-state index contributed by atoms with van der Waals surface area (Å²) in [5, 5.41) is 5.17. The molecule has 0 spiro atoms. The first kappa shape index (κ1) is 15.4. The second-order valence-corrected chi connectivity index (χ2v) is 6.54. The molecule has 2 nitrogen and oxygen atoms in total. The van der Waals surface area contributed by atoms with Gasteiger partial charge in [-0.25, -0.2) is 0 Å². The Kier molecular flexibility index (Phi) is 5.38. The van der Waals surface area contributed by atoms with Gasteiger partial charge in [0.1, 0.15) is 0 Å². The Morgan fingerprint density at radius 3 is 2.47 bits per heavy atom. The summed E-state index contributed by atoms with van der Waals surface area (Å²) in [6.07, 6.45) is 2.16. The standard InChI is InChI=1S/C14H18Cl3NO/c1-14(4-6-19-7-5-14)9-18-8-10-11(15)2-3-12(16)13(10)17/h2-3,18H,4-9H2,1H3. The summed E-state index contributed by atoms with van der Waals surface area (Å²) in [6.45, 7) is 5.53. The van der Waals surface area contributed by atoms with Gasteiger partial charge in [0, 0.05) is 36.9 Å². The molecule has 1 N–H and O–H groups in total. The molecule has 0 unspecified atom stereocenters. The van der Waals surface area contributed by atoms with E-state index in [9.17, 15) is 0 Å². The summed E-state index contributed by atoms with van der Waals surface area (Å²) < 4.78 is 5.40. The van der Waals surface area contributed by atoms with Crippen LogP contribution in [0.4, 0.5) is 0 Å². The van der Waals surface area contributed by atoms with Crippen molar-refractivity contribution < 1.29 is 4.74 Å². The summed E-state index contributed by atoms with van der Waals surface area (Å²) >= 11 is 18.3. The van der Waals surface area contributed by atoms with E-state index in [1.165, 1.54) is 0 Å². The van der Waals surface area contributed by atoms with E-state index in [4.69, 9.17) is 39.5 Å². The molecule has 0 atom stereocenters. The Morgan fingerprint density at radius 1 is 1.16 bits per heavy atom. The van der Waals surface area contributed by atoms with Gasteiger partial charge in [-0.05, 0) is 30.4 Å². The lowest BCUT2D eigenvalue weighted by molar-refractivity contribution is 0.0240. The molecule has 1 aliphatic heterocycles. The number of rotatable bonds is 4. The molecule has 1 saturated heterocycles. The van der Waals surface area contributed by atoms with Gasteiger partial charge in [-0.2, -0.15) is 0 Å². The molecule has 2 rings (SSSR count). The van der Waals surface area contributed by atoms with Crippen LogP contribution in [0.25, 0.3) is 0 Å². The van der Waals surface area contributed by atoms with Crippen molar-refractivity contribution in [3.05, 3.63) is 32.8 Å². The zero-order valence-corrected chi connectivity index (χ0v) is 13.2. The smallest absolute Gasteiger partial charge is 0.0652 e. The van der Waals surface area contributed by atoms with Crippen LogP contribution in [-0.2, 0) is 11.3 Å². The van der Waals surface area contributed by atoms with Gasteiger partial charge in [0.2, 0.25) is 0 Å². The molecule has 1 aromatic carbocycles. The van der Waals surface area contributed by atoms with Gasteiger partial charge < -0.3 is 10.1 Å². The lowest BCUT2D eigenvalue weighted by Crippen LogP contribution is -2.36. The van der Waals surface area contributed by atoms with E-state index >= 15 is 0 Å². The van der Waals surface area contributed by atoms with E-state index < -0.39 is 0 Å². The highest BCUT2D eigenvalue weighted by Crippen LogP contribution is 2.32. The average molecular weight is 323 g/mol. The van der Waals surface area contributed by atoms with Crippen molar-refractivity contribution in [2.45, 2.75) is 26.3 Å². The predicted octanol–water partition coefficient (Wildman–Crippen LogP) is 4.55. The van der Waals surface area contributed by atoms with Crippen LogP contribution in [0, 0.1) is 5.41 Å². The maximum atomic E-state index is 6.18. The largest absolute Gasteiger partial charge is 0.381 e. The summed E-state index contributed by atoms with van der Waals surface area (Å²) in [5.41, 5.74) is 1.15. The normalized spacial score (nSPS) is 18.5. The van der Waals surface area contributed by atoms with Gasteiger partial charge in [0.15, 0.2) is 0 Å². The van der Waals surface area contributed by atoms with Gasteiger partial charge in [-0.3, -0.25) is 0 Å². The Balaban J connectivity index is 1.94. The Morgan fingerprint density at radius 2 is 1.79 bits per heavy atom. The number of nitrogens with one attached hydrogen (secondary N) is 1. The van der Waals surface area contributed by atoms with Crippen molar-refractivity contribution in [3.8, 4) is 0 Å². The summed E-state index contributed by atoms with van der Waals surface area (Å²) in [7, 11) is 0. The van der Waals surface area contributed by atoms with Crippen molar-refractivity contribution in [3.63, 3.8) is 0 Å². The molecule has 0 bridgehead atoms. The van der Waals surface area contributed by atoms with Crippen molar-refractivity contribution in [2.24, 2.45) is 5.41 Å². The van der Waals surface area contributed by atoms with Crippen LogP contribution in [0.1, 0.15) is 25.3 Å². The van der Waals surface area contributed by atoms with Crippen molar-refractivity contribution in [2.75, 3.05) is 19.8 Å². The molecular weight excluding hydrogens is 305 g/mol. The van der Waals surface area contributed by atoms with Gasteiger partial charge in [-0.1, -0.05) is 41.7 Å². The monoisotopic (exact) mass is 321 g/mol. The van der Waals surface area contributed by atoms with Crippen molar-refractivity contribution in [1.29, 1.82) is 0 Å². The topological polar surface area (TPSA) is 21.3 Å². The van der Waals surface area contributed by atoms with Crippen LogP contribution in [0.3, 0.4) is 0 Å². The number of benzene rings is 1. The van der Waals surface area contributed by atoms with E-state index in [1.54, 1.807) is 12.1 Å². The molecule has 0 radical (unpaired) electrons. The van der Waals surface area contributed by atoms with E-state index in [0.29, 0.717) is 21.6 Å². The van der Waals surface area contributed by atoms with Gasteiger partial charge in [-0.15, -0.1) is 0 Å². The van der Waals surface area contributed by atoms with Crippen LogP contribution in [0.2, 0.25) is 15.1 Å². The minimum atomic E-state index is 0.287. The SMILES string of the molecule is CC1(CNCc2c(Cl)ccc(Cl)c2Cl)CCOCC1. The van der Waals surface area contributed by atoms with E-state index in [1.807, 2.05) is 0 Å². The highest BCUT2D eigenvalue weighted by molar-refractivity contribution is 6.44. The second kappa shape index (κ2) is 6.64. The average Bonchev–Trinajstić information content (AvgIpc) is 2.39. The number of hydrogen-bond acceptors (Lipinski definition) is 2. The summed E-state index contributed by atoms with van der Waals surface area (Å²) in [6, 6.07) is 3.50. The van der Waals surface area contributed by atoms with Crippen LogP contribution in [0.15, 0.2) is 12.1 Å². The molecule has 0 aromatic heterocycles. The fourth-order valence-corrected chi connectivity index (χ4v) is 2.94. The highest BCUT2D eigenvalue weighted by Gasteiger charge is 2.26. The predicted molar refractivity (Wildman–Crippen MR) is 81.3 cm³/mol. The third kappa shape index (κ3) is 3.99. The first-order valence-corrected chi connectivity index (χ1v) is 7.56. The molecule has 0 aliphatic carbocycles. The van der Waals surface area contributed by atoms with Crippen LogP contribution >= 0.6 is 34.8 Å². The number of halogens is 3. The van der Waals surface area contributed by atoms with Gasteiger partial charge in [0.05, 0.1) is 10.0 Å². The van der Waals surface area contributed by atoms with E-state index in [-0.39, 0.29) is 5.41 Å². The minimum Gasteiger partial charge on any atom is -0.381 e. The number of hydrogen-bond donors (Lipinski definition) is 1. The van der Waals surface area contributed by atoms with E-state index in [2.05, 4.69) is 12.2 Å². The van der Waals surface area contributed by atoms with Crippen molar-refractivity contribution in [1.82, 2.24) is 5.32 Å². The Hall–Kier alpha value is 0.01000. The van der Waals surface area contributed by atoms with Crippen LogP contribution in [-0.4, -0.2) is 19.8 Å². The fraction of sp³-hybridized carbons (Fsp3) is 0.571. The second-order valence-electron chi connectivity index (χ2n) is 5.35. The van der Waals surface area contributed by atoms with Crippen molar-refractivity contribution >= 4 is 34.8 Å². The molecule has 106 valence electrons. The lowest BCUT2D eigenvalue weighted by Gasteiger charge is -2.33. The Bertz CT molecular complexity index is 445. The van der Waals surface area contributed by atoms with Crippen LogP contribution < -0.4 is 5.32 Å². The van der Waals surface area contributed by atoms with Gasteiger partial charge in [0.25, 0.3) is 0 Å². The highest BCUT2D eigenvalue weighted by atomic mass is 35.5. The van der Waals surface area contributed by atoms with Crippen LogP contribution in [0.5, 0.6) is 0 Å². The molecule has 1 heterocycles. The molecule has 1 aromatic rings. The molecule has 1 fully saturated rings. The molecule has 19 heavy (non-hydrogen) atoms.